The quantitative estimate of drug-likeness (QED) is 0.201. The van der Waals surface area contributed by atoms with Crippen molar-refractivity contribution < 1.29 is 8.22 Å². The van der Waals surface area contributed by atoms with Gasteiger partial charge < -0.3 is 0 Å². The molecule has 0 N–H and O–H groups in total. The number of benzene rings is 6. The van der Waals surface area contributed by atoms with Gasteiger partial charge in [0, 0.05) is 68.2 Å². The minimum absolute atomic E-state index is 0.0464. The second kappa shape index (κ2) is 10.2. The van der Waals surface area contributed by atoms with Crippen molar-refractivity contribution >= 4 is 63.0 Å². The molecule has 44 heavy (non-hydrogen) atoms. The van der Waals surface area contributed by atoms with E-state index in [9.17, 15) is 4.11 Å². The highest BCUT2D eigenvalue weighted by atomic mass is 32.1. The first kappa shape index (κ1) is 19.9. The van der Waals surface area contributed by atoms with Crippen LogP contribution < -0.4 is 0 Å². The molecule has 3 aromatic heterocycles. The van der Waals surface area contributed by atoms with Gasteiger partial charge >= 0.3 is 0 Å². The summed E-state index contributed by atoms with van der Waals surface area (Å²) in [5.41, 5.74) is 2.82. The van der Waals surface area contributed by atoms with E-state index in [1.54, 1.807) is 11.3 Å². The third-order valence-corrected chi connectivity index (χ3v) is 10.0. The van der Waals surface area contributed by atoms with Crippen LogP contribution in [0.15, 0.2) is 139 Å². The van der Waals surface area contributed by atoms with Crippen molar-refractivity contribution in [3.05, 3.63) is 139 Å². The van der Waals surface area contributed by atoms with Crippen LogP contribution >= 0.6 is 22.7 Å². The van der Waals surface area contributed by atoms with Gasteiger partial charge in [0.05, 0.1) is 8.22 Å². The molecule has 0 fully saturated rings. The molecule has 0 aliphatic rings. The highest BCUT2D eigenvalue weighted by Crippen LogP contribution is 2.45. The van der Waals surface area contributed by atoms with Crippen LogP contribution in [0.2, 0.25) is 0 Å². The summed E-state index contributed by atoms with van der Waals surface area (Å²) in [6, 6.07) is 31.9. The molecule has 9 rings (SSSR count). The van der Waals surface area contributed by atoms with E-state index >= 15 is 0 Å². The Morgan fingerprint density at radius 2 is 1.05 bits per heavy atom. The Hall–Kier alpha value is -5.23. The van der Waals surface area contributed by atoms with Gasteiger partial charge in [0.15, 0.2) is 17.5 Å². The molecule has 0 saturated heterocycles. The number of nitrogens with zero attached hydrogens (tertiary/aromatic N) is 3. The molecular weight excluding hydrogens is 575 g/mol. The van der Waals surface area contributed by atoms with Gasteiger partial charge in [-0.25, -0.2) is 15.0 Å². The summed E-state index contributed by atoms with van der Waals surface area (Å²) in [5.74, 6) is 0.853. The van der Waals surface area contributed by atoms with Crippen molar-refractivity contribution in [1.29, 1.82) is 0 Å². The van der Waals surface area contributed by atoms with Crippen molar-refractivity contribution in [2.75, 3.05) is 0 Å². The maximum absolute atomic E-state index is 9.51. The summed E-state index contributed by atoms with van der Waals surface area (Å²) in [6.07, 6.45) is 0. The van der Waals surface area contributed by atoms with E-state index in [0.717, 1.165) is 36.9 Å². The first-order chi connectivity index (χ1) is 24.3. The molecule has 0 aliphatic carbocycles. The summed E-state index contributed by atoms with van der Waals surface area (Å²) in [6.45, 7) is 0. The molecule has 0 spiro atoms. The van der Waals surface area contributed by atoms with Crippen LogP contribution in [0.5, 0.6) is 0 Å². The molecule has 0 aliphatic heterocycles. The van der Waals surface area contributed by atoms with Gasteiger partial charge in [-0.1, -0.05) is 127 Å². The van der Waals surface area contributed by atoms with E-state index in [0.29, 0.717) is 32.0 Å². The third kappa shape index (κ3) is 4.13. The van der Waals surface area contributed by atoms with E-state index in [2.05, 4.69) is 18.2 Å². The maximum Gasteiger partial charge on any atom is 0.164 e. The van der Waals surface area contributed by atoms with Gasteiger partial charge in [0.25, 0.3) is 0 Å². The molecule has 0 unspecified atom stereocenters. The van der Waals surface area contributed by atoms with Crippen molar-refractivity contribution in [2.24, 2.45) is 0 Å². The standard InChI is InChI=1S/C39H23N3S2/c1-3-11-24(12-4-1)37-40-38(25-13-5-2-6-14-25)42-39(41-37)26-21-22-28-30-17-10-19-32(36(30)44-34(28)23-26)31-18-9-16-29-27-15-7-8-20-33(27)43-35(29)31/h1-23H/i10D,17D,19D,21D,22D,23D. The number of hydrogen-bond donors (Lipinski definition) is 0. The molecule has 0 amide bonds. The average molecular weight is 604 g/mol. The zero-order chi connectivity index (χ0) is 34.3. The van der Waals surface area contributed by atoms with Crippen LogP contribution in [0.4, 0.5) is 0 Å². The first-order valence-electron chi connectivity index (χ1n) is 17.1. The summed E-state index contributed by atoms with van der Waals surface area (Å²) in [5, 5.41) is 2.70. The van der Waals surface area contributed by atoms with Crippen molar-refractivity contribution in [3.63, 3.8) is 0 Å². The van der Waals surface area contributed by atoms with Crippen molar-refractivity contribution in [2.45, 2.75) is 0 Å². The van der Waals surface area contributed by atoms with Crippen LogP contribution in [0.25, 0.3) is 85.6 Å². The highest BCUT2D eigenvalue weighted by Gasteiger charge is 2.17. The Labute approximate surface area is 270 Å². The Morgan fingerprint density at radius 1 is 0.432 bits per heavy atom. The molecule has 0 radical (unpaired) electrons. The normalized spacial score (nSPS) is 13.5. The predicted octanol–water partition coefficient (Wildman–Crippen LogP) is 11.3. The largest absolute Gasteiger partial charge is 0.208 e. The molecule has 206 valence electrons. The minimum Gasteiger partial charge on any atom is -0.208 e. The summed E-state index contributed by atoms with van der Waals surface area (Å²) in [7, 11) is 0. The zero-order valence-electron chi connectivity index (χ0n) is 29.0. The fraction of sp³-hybridized carbons (Fsp3) is 0. The monoisotopic (exact) mass is 603 g/mol. The number of thiophene rings is 2. The lowest BCUT2D eigenvalue weighted by atomic mass is 10.0. The first-order valence-corrected chi connectivity index (χ1v) is 15.7. The van der Waals surface area contributed by atoms with Gasteiger partial charge in [-0.3, -0.25) is 0 Å². The fourth-order valence-electron chi connectivity index (χ4n) is 5.58. The third-order valence-electron chi connectivity index (χ3n) is 7.66. The summed E-state index contributed by atoms with van der Waals surface area (Å²) < 4.78 is 58.0. The van der Waals surface area contributed by atoms with E-state index in [4.69, 9.17) is 19.1 Å². The van der Waals surface area contributed by atoms with E-state index in [1.807, 2.05) is 84.9 Å². The van der Waals surface area contributed by atoms with E-state index in [-0.39, 0.29) is 53.0 Å². The lowest BCUT2D eigenvalue weighted by Gasteiger charge is -2.08. The van der Waals surface area contributed by atoms with Crippen LogP contribution in [-0.2, 0) is 0 Å². The fourth-order valence-corrected chi connectivity index (χ4v) is 7.94. The predicted molar refractivity (Wildman–Crippen MR) is 187 cm³/mol. The Kier molecular flexibility index (Phi) is 4.60. The maximum atomic E-state index is 9.51. The van der Waals surface area contributed by atoms with E-state index in [1.165, 1.54) is 11.3 Å². The molecular formula is C39H23N3S2. The van der Waals surface area contributed by atoms with Crippen LogP contribution in [-0.4, -0.2) is 15.0 Å². The molecule has 0 atom stereocenters. The number of fused-ring (bicyclic) bond motifs is 6. The summed E-state index contributed by atoms with van der Waals surface area (Å²) >= 11 is 2.83. The van der Waals surface area contributed by atoms with Gasteiger partial charge in [0.1, 0.15) is 0 Å². The Balaban J connectivity index is 1.36. The Morgan fingerprint density at radius 3 is 1.80 bits per heavy atom. The molecule has 3 nitrogen and oxygen atoms in total. The average Bonchev–Trinajstić information content (AvgIpc) is 3.74. The minimum atomic E-state index is -0.260. The van der Waals surface area contributed by atoms with Gasteiger partial charge in [-0.05, 0) is 12.1 Å². The molecule has 3 heterocycles. The smallest absolute Gasteiger partial charge is 0.164 e. The molecule has 9 aromatic rings. The molecule has 0 bridgehead atoms. The second-order valence-corrected chi connectivity index (χ2v) is 12.4. The van der Waals surface area contributed by atoms with Crippen LogP contribution in [0.3, 0.4) is 0 Å². The van der Waals surface area contributed by atoms with Crippen molar-refractivity contribution in [1.82, 2.24) is 15.0 Å². The van der Waals surface area contributed by atoms with Gasteiger partial charge in [-0.15, -0.1) is 22.7 Å². The Bertz CT molecular complexity index is 2780. The lowest BCUT2D eigenvalue weighted by molar-refractivity contribution is 1.07. The molecule has 5 heteroatoms. The number of aromatic nitrogens is 3. The van der Waals surface area contributed by atoms with Crippen LogP contribution in [0, 0.1) is 0 Å². The number of hydrogen-bond acceptors (Lipinski definition) is 5. The van der Waals surface area contributed by atoms with Crippen molar-refractivity contribution in [3.8, 4) is 45.3 Å². The van der Waals surface area contributed by atoms with Crippen LogP contribution in [0.1, 0.15) is 8.22 Å². The van der Waals surface area contributed by atoms with Gasteiger partial charge in [0.2, 0.25) is 0 Å². The van der Waals surface area contributed by atoms with E-state index < -0.39 is 0 Å². The number of rotatable bonds is 4. The topological polar surface area (TPSA) is 38.7 Å². The summed E-state index contributed by atoms with van der Waals surface area (Å²) in [4.78, 5) is 14.2. The molecule has 0 saturated carbocycles. The highest BCUT2D eigenvalue weighted by molar-refractivity contribution is 7.27. The lowest BCUT2D eigenvalue weighted by Crippen LogP contribution is -1.99. The SMILES string of the molecule is [2H]c1c([2H])c([2H])c2c(sc3c([2H])c(-c4nc(-c5ccccc5)nc(-c5ccccc5)n4)c([2H])c([2H])c32)c1-c1cccc2c1sc1ccccc12. The zero-order valence-corrected chi connectivity index (χ0v) is 24.6. The molecule has 6 aromatic carbocycles. The second-order valence-electron chi connectivity index (χ2n) is 10.3. The van der Waals surface area contributed by atoms with Gasteiger partial charge in [-0.2, -0.15) is 0 Å².